The van der Waals surface area contributed by atoms with E-state index in [-0.39, 0.29) is 12.4 Å². The summed E-state index contributed by atoms with van der Waals surface area (Å²) in [7, 11) is 0.251. The number of hydrogen-bond donors (Lipinski definition) is 3. The summed E-state index contributed by atoms with van der Waals surface area (Å²) in [6.45, 7) is 3.21. The van der Waals surface area contributed by atoms with Crippen molar-refractivity contribution in [3.63, 3.8) is 0 Å². The molecule has 2 aromatic carbocycles. The third-order valence-electron chi connectivity index (χ3n) is 6.93. The largest absolute Gasteiger partial charge is 0.488 e. The number of nitrogens with zero attached hydrogens (tertiary/aromatic N) is 6. The predicted molar refractivity (Wildman–Crippen MR) is 148 cm³/mol. The molecule has 1 aliphatic heterocycles. The van der Waals surface area contributed by atoms with Gasteiger partial charge in [0.1, 0.15) is 18.1 Å². The minimum Gasteiger partial charge on any atom is -0.485 e. The van der Waals surface area contributed by atoms with Gasteiger partial charge in [-0.15, -0.1) is 0 Å². The second-order valence-corrected chi connectivity index (χ2v) is 9.63. The van der Waals surface area contributed by atoms with Gasteiger partial charge in [-0.05, 0) is 42.2 Å². The molecule has 0 atom stereocenters. The highest BCUT2D eigenvalue weighted by Crippen LogP contribution is 2.35. The molecular weight excluding hydrogens is 512 g/mol. The zero-order valence-corrected chi connectivity index (χ0v) is 22.0. The Labute approximate surface area is 230 Å². The molecule has 5 aromatic rings. The third kappa shape index (κ3) is 4.94. The Morgan fingerprint density at radius 3 is 2.65 bits per heavy atom. The molecule has 1 aliphatic rings. The van der Waals surface area contributed by atoms with Crippen LogP contribution in [0.4, 0.5) is 10.2 Å². The highest BCUT2D eigenvalue weighted by atomic mass is 19.1. The molecular formula is C28H27BFN7O3. The summed E-state index contributed by atoms with van der Waals surface area (Å²) >= 11 is 0. The molecule has 3 aromatic heterocycles. The minimum absolute atomic E-state index is 0.0892. The van der Waals surface area contributed by atoms with E-state index in [1.165, 1.54) is 16.9 Å². The Kier molecular flexibility index (Phi) is 6.78. The van der Waals surface area contributed by atoms with Gasteiger partial charge in [0, 0.05) is 55.0 Å². The Balaban J connectivity index is 1.43. The topological polar surface area (TPSA) is 123 Å². The minimum atomic E-state index is -1.52. The standard InChI is InChI=1S/C28H27BFN7O3/c1-3-37-27-18(15-33-37)11-24-26(35-36(2)34-24)23-9-8-22(30)10-20(23)16-40-25-12-19(27)14-32-28(25)31-13-17-4-6-21(7-5-17)29(38)39/h4-10,12,14-15,38-39H,3,11,13,16H2,1-2H3,(H,31,32). The van der Waals surface area contributed by atoms with E-state index in [9.17, 15) is 14.4 Å². The molecule has 0 aliphatic carbocycles. The van der Waals surface area contributed by atoms with E-state index < -0.39 is 7.12 Å². The highest BCUT2D eigenvalue weighted by molar-refractivity contribution is 6.58. The first-order valence-electron chi connectivity index (χ1n) is 13.0. The summed E-state index contributed by atoms with van der Waals surface area (Å²) in [5.74, 6) is 0.659. The monoisotopic (exact) mass is 539 g/mol. The van der Waals surface area contributed by atoms with Crippen molar-refractivity contribution in [2.45, 2.75) is 33.0 Å². The smallest absolute Gasteiger partial charge is 0.485 e. The first kappa shape index (κ1) is 25.7. The van der Waals surface area contributed by atoms with Gasteiger partial charge >= 0.3 is 7.12 Å². The van der Waals surface area contributed by atoms with Crippen molar-refractivity contribution in [1.29, 1.82) is 0 Å². The average molecular weight is 539 g/mol. The Morgan fingerprint density at radius 1 is 1.05 bits per heavy atom. The highest BCUT2D eigenvalue weighted by Gasteiger charge is 2.23. The Hall–Kier alpha value is -4.55. The van der Waals surface area contributed by atoms with Crippen LogP contribution in [-0.4, -0.2) is 46.9 Å². The van der Waals surface area contributed by atoms with E-state index in [1.54, 1.807) is 31.4 Å². The van der Waals surface area contributed by atoms with Gasteiger partial charge in [-0.3, -0.25) is 4.68 Å². The van der Waals surface area contributed by atoms with Gasteiger partial charge in [0.25, 0.3) is 0 Å². The number of fused-ring (bicyclic) bond motifs is 7. The van der Waals surface area contributed by atoms with Crippen molar-refractivity contribution in [3.8, 4) is 28.3 Å². The number of halogens is 1. The second-order valence-electron chi connectivity index (χ2n) is 9.63. The van der Waals surface area contributed by atoms with Crippen molar-refractivity contribution >= 4 is 18.4 Å². The van der Waals surface area contributed by atoms with Gasteiger partial charge in [0.05, 0.1) is 17.6 Å². The van der Waals surface area contributed by atoms with E-state index in [4.69, 9.17) is 9.72 Å². The van der Waals surface area contributed by atoms with Crippen LogP contribution in [0.15, 0.2) is 60.9 Å². The van der Waals surface area contributed by atoms with Gasteiger partial charge in [0.2, 0.25) is 0 Å². The molecule has 3 N–H and O–H groups in total. The van der Waals surface area contributed by atoms with Gasteiger partial charge in [-0.2, -0.15) is 20.1 Å². The maximum Gasteiger partial charge on any atom is 0.488 e. The number of benzene rings is 2. The predicted octanol–water partition coefficient (Wildman–Crippen LogP) is 2.67. The van der Waals surface area contributed by atoms with E-state index in [2.05, 4.69) is 20.6 Å². The number of hydrogen-bond acceptors (Lipinski definition) is 8. The summed E-state index contributed by atoms with van der Waals surface area (Å²) < 4.78 is 22.6. The summed E-state index contributed by atoms with van der Waals surface area (Å²) in [4.78, 5) is 6.23. The quantitative estimate of drug-likeness (QED) is 0.292. The fraction of sp³-hybridized carbons (Fsp3) is 0.214. The number of anilines is 1. The van der Waals surface area contributed by atoms with Crippen LogP contribution in [0.1, 0.15) is 29.3 Å². The first-order chi connectivity index (χ1) is 19.4. The van der Waals surface area contributed by atoms with Gasteiger partial charge in [-0.25, -0.2) is 9.37 Å². The molecule has 0 saturated heterocycles. The molecule has 4 heterocycles. The third-order valence-corrected chi connectivity index (χ3v) is 6.93. The van der Waals surface area contributed by atoms with E-state index >= 15 is 0 Å². The fourth-order valence-corrected chi connectivity index (χ4v) is 4.96. The number of pyridine rings is 1. The number of aryl methyl sites for hydroxylation is 2. The lowest BCUT2D eigenvalue weighted by Crippen LogP contribution is -2.29. The number of rotatable bonds is 5. The molecule has 0 unspecified atom stereocenters. The van der Waals surface area contributed by atoms with Crippen molar-refractivity contribution in [2.75, 3.05) is 5.32 Å². The van der Waals surface area contributed by atoms with E-state index in [0.29, 0.717) is 47.8 Å². The van der Waals surface area contributed by atoms with Crippen molar-refractivity contribution in [2.24, 2.45) is 7.05 Å². The number of nitrogens with one attached hydrogen (secondary N) is 1. The van der Waals surface area contributed by atoms with Crippen molar-refractivity contribution in [1.82, 2.24) is 29.8 Å². The maximum atomic E-state index is 14.4. The van der Waals surface area contributed by atoms with Crippen LogP contribution in [0.5, 0.6) is 5.75 Å². The van der Waals surface area contributed by atoms with Crippen LogP contribution in [0.25, 0.3) is 22.5 Å². The van der Waals surface area contributed by atoms with Crippen LogP contribution >= 0.6 is 0 Å². The molecule has 0 fully saturated rings. The molecule has 2 bridgehead atoms. The van der Waals surface area contributed by atoms with Crippen LogP contribution in [-0.2, 0) is 33.2 Å². The Bertz CT molecular complexity index is 1680. The zero-order valence-electron chi connectivity index (χ0n) is 22.0. The normalized spacial score (nSPS) is 12.3. The van der Waals surface area contributed by atoms with Gasteiger partial charge < -0.3 is 20.1 Å². The molecule has 12 heteroatoms. The van der Waals surface area contributed by atoms with Crippen LogP contribution in [0, 0.1) is 5.82 Å². The maximum absolute atomic E-state index is 14.4. The summed E-state index contributed by atoms with van der Waals surface area (Å²) in [6.07, 6.45) is 4.11. The lowest BCUT2D eigenvalue weighted by molar-refractivity contribution is 0.306. The fourth-order valence-electron chi connectivity index (χ4n) is 4.96. The summed E-state index contributed by atoms with van der Waals surface area (Å²) in [5.41, 5.74) is 6.88. The first-order valence-corrected chi connectivity index (χ1v) is 13.0. The summed E-state index contributed by atoms with van der Waals surface area (Å²) in [6, 6.07) is 13.5. The lowest BCUT2D eigenvalue weighted by Gasteiger charge is -2.17. The molecule has 6 rings (SSSR count). The Morgan fingerprint density at radius 2 is 1.88 bits per heavy atom. The molecule has 0 radical (unpaired) electrons. The second kappa shape index (κ2) is 10.6. The van der Waals surface area contributed by atoms with E-state index in [1.807, 2.05) is 36.0 Å². The van der Waals surface area contributed by atoms with Crippen LogP contribution in [0.2, 0.25) is 0 Å². The lowest BCUT2D eigenvalue weighted by atomic mass is 9.80. The summed E-state index contributed by atoms with van der Waals surface area (Å²) in [5, 5.41) is 35.9. The molecule has 10 nitrogen and oxygen atoms in total. The molecule has 202 valence electrons. The zero-order chi connectivity index (χ0) is 27.8. The molecule has 40 heavy (non-hydrogen) atoms. The molecule has 0 saturated carbocycles. The molecule has 0 spiro atoms. The van der Waals surface area contributed by atoms with Crippen molar-refractivity contribution in [3.05, 3.63) is 89.1 Å². The van der Waals surface area contributed by atoms with Gasteiger partial charge in [-0.1, -0.05) is 24.3 Å². The van der Waals surface area contributed by atoms with E-state index in [0.717, 1.165) is 33.6 Å². The average Bonchev–Trinajstić information content (AvgIpc) is 3.53. The van der Waals surface area contributed by atoms with Crippen molar-refractivity contribution < 1.29 is 19.2 Å². The number of aromatic nitrogens is 6. The van der Waals surface area contributed by atoms with Crippen LogP contribution < -0.4 is 15.5 Å². The van der Waals surface area contributed by atoms with Gasteiger partial charge in [0.15, 0.2) is 11.6 Å². The molecule has 0 amide bonds. The SMILES string of the molecule is CCn1ncc2c1-c1cnc(NCc3ccc(B(O)O)cc3)c(c1)OCc1cc(F)ccc1-c1nn(C)nc1C2. The van der Waals surface area contributed by atoms with Crippen LogP contribution in [0.3, 0.4) is 0 Å². The number of ether oxygens (including phenoxy) is 1.